The molecule has 28 heavy (non-hydrogen) atoms. The summed E-state index contributed by atoms with van der Waals surface area (Å²) in [6, 6.07) is 14.5. The first-order valence-corrected chi connectivity index (χ1v) is 10.8. The van der Waals surface area contributed by atoms with Gasteiger partial charge in [-0.2, -0.15) is 8.42 Å². The zero-order chi connectivity index (χ0) is 19.9. The molecule has 1 aliphatic heterocycles. The average molecular weight is 415 g/mol. The molecule has 0 atom stereocenters. The first-order valence-electron chi connectivity index (χ1n) is 8.59. The molecule has 4 rings (SSSR count). The van der Waals surface area contributed by atoms with Crippen molar-refractivity contribution in [3.63, 3.8) is 0 Å². The highest BCUT2D eigenvalue weighted by atomic mass is 32.2. The minimum Gasteiger partial charge on any atom is -0.349 e. The zero-order valence-electron chi connectivity index (χ0n) is 15.4. The van der Waals surface area contributed by atoms with Crippen LogP contribution in [-0.2, 0) is 21.4 Å². The fraction of sp³-hybridized carbons (Fsp3) is 0.211. The number of para-hydroxylation sites is 1. The number of rotatable bonds is 4. The fourth-order valence-corrected chi connectivity index (χ4v) is 5.31. The summed E-state index contributed by atoms with van der Waals surface area (Å²) < 4.78 is 29.3. The summed E-state index contributed by atoms with van der Waals surface area (Å²) in [5, 5.41) is 0.853. The quantitative estimate of drug-likeness (QED) is 0.654. The third kappa shape index (κ3) is 3.38. The van der Waals surface area contributed by atoms with Crippen LogP contribution in [0, 0.1) is 0 Å². The van der Waals surface area contributed by atoms with Crippen LogP contribution in [0.2, 0.25) is 0 Å². The number of carbonyl (C=O) groups is 1. The van der Waals surface area contributed by atoms with Gasteiger partial charge in [0.2, 0.25) is 5.91 Å². The molecule has 2 aromatic carbocycles. The highest BCUT2D eigenvalue weighted by Gasteiger charge is 2.31. The van der Waals surface area contributed by atoms with Crippen molar-refractivity contribution in [2.24, 2.45) is 4.40 Å². The Morgan fingerprint density at radius 1 is 1.07 bits per heavy atom. The Morgan fingerprint density at radius 3 is 2.57 bits per heavy atom. The van der Waals surface area contributed by atoms with E-state index in [0.29, 0.717) is 12.1 Å². The largest absolute Gasteiger partial charge is 0.349 e. The Kier molecular flexibility index (Phi) is 4.64. The van der Waals surface area contributed by atoms with Gasteiger partial charge in [0.05, 0.1) is 23.3 Å². The lowest BCUT2D eigenvalue weighted by Gasteiger charge is -2.22. The van der Waals surface area contributed by atoms with E-state index in [1.165, 1.54) is 6.07 Å². The number of benzene rings is 2. The first-order chi connectivity index (χ1) is 13.3. The first kappa shape index (κ1) is 18.6. The van der Waals surface area contributed by atoms with E-state index in [9.17, 15) is 13.2 Å². The van der Waals surface area contributed by atoms with Crippen LogP contribution in [0.4, 0.5) is 0 Å². The molecule has 1 aliphatic rings. The second-order valence-corrected chi connectivity index (χ2v) is 9.26. The number of aromatic nitrogens is 1. The van der Waals surface area contributed by atoms with Gasteiger partial charge in [-0.05, 0) is 24.3 Å². The molecule has 1 aromatic heterocycles. The van der Waals surface area contributed by atoms with Gasteiger partial charge >= 0.3 is 0 Å². The van der Waals surface area contributed by atoms with E-state index >= 15 is 0 Å². The van der Waals surface area contributed by atoms with Gasteiger partial charge in [-0.1, -0.05) is 24.3 Å². The van der Waals surface area contributed by atoms with Gasteiger partial charge < -0.3 is 9.80 Å². The van der Waals surface area contributed by atoms with Crippen molar-refractivity contribution in [2.45, 2.75) is 11.4 Å². The second kappa shape index (κ2) is 6.99. The summed E-state index contributed by atoms with van der Waals surface area (Å²) in [7, 11) is -0.328. The molecule has 2 heterocycles. The summed E-state index contributed by atoms with van der Waals surface area (Å²) in [6.45, 7) is 0.414. The van der Waals surface area contributed by atoms with Crippen molar-refractivity contribution in [2.75, 3.05) is 20.6 Å². The van der Waals surface area contributed by atoms with Crippen molar-refractivity contribution < 1.29 is 13.2 Å². The molecule has 0 aliphatic carbocycles. The van der Waals surface area contributed by atoms with Gasteiger partial charge in [-0.25, -0.2) is 4.98 Å². The van der Waals surface area contributed by atoms with Gasteiger partial charge in [-0.3, -0.25) is 4.79 Å². The van der Waals surface area contributed by atoms with E-state index in [-0.39, 0.29) is 23.2 Å². The smallest absolute Gasteiger partial charge is 0.285 e. The standard InChI is InChI=1S/C19H18N4O3S2/c1-22(11-17-20-14-8-4-5-9-15(14)27-17)18(24)12-23(2)19-13-7-3-6-10-16(13)28(25,26)21-19/h3-10H,11-12H2,1-2H3. The number of likely N-dealkylation sites (N-methyl/N-ethyl adjacent to an activating group) is 2. The normalized spacial score (nSPS) is 14.6. The molecule has 9 heteroatoms. The summed E-state index contributed by atoms with van der Waals surface area (Å²) in [4.78, 5) is 20.5. The van der Waals surface area contributed by atoms with Crippen LogP contribution >= 0.6 is 11.3 Å². The molecular weight excluding hydrogens is 396 g/mol. The molecule has 0 bridgehead atoms. The molecule has 0 N–H and O–H groups in total. The van der Waals surface area contributed by atoms with E-state index < -0.39 is 10.0 Å². The molecule has 0 fully saturated rings. The Balaban J connectivity index is 1.47. The topological polar surface area (TPSA) is 82.9 Å². The number of amidine groups is 1. The number of amides is 1. The van der Waals surface area contributed by atoms with Crippen LogP contribution in [0.25, 0.3) is 10.2 Å². The maximum absolute atomic E-state index is 12.7. The highest BCUT2D eigenvalue weighted by Crippen LogP contribution is 2.27. The zero-order valence-corrected chi connectivity index (χ0v) is 17.0. The number of hydrogen-bond acceptors (Lipinski definition) is 6. The van der Waals surface area contributed by atoms with Crippen molar-refractivity contribution >= 4 is 43.3 Å². The lowest BCUT2D eigenvalue weighted by molar-refractivity contribution is -0.130. The summed E-state index contributed by atoms with van der Waals surface area (Å²) in [6.07, 6.45) is 0. The number of sulfonamides is 1. The third-order valence-electron chi connectivity index (χ3n) is 4.48. The lowest BCUT2D eigenvalue weighted by Crippen LogP contribution is -2.39. The van der Waals surface area contributed by atoms with Gasteiger partial charge in [0.1, 0.15) is 9.90 Å². The van der Waals surface area contributed by atoms with Gasteiger partial charge in [0.15, 0.2) is 5.84 Å². The van der Waals surface area contributed by atoms with Crippen LogP contribution in [0.5, 0.6) is 0 Å². The van der Waals surface area contributed by atoms with Crippen molar-refractivity contribution in [1.82, 2.24) is 14.8 Å². The minimum absolute atomic E-state index is 0.0179. The molecule has 0 saturated heterocycles. The third-order valence-corrected chi connectivity index (χ3v) is 6.83. The monoisotopic (exact) mass is 414 g/mol. The molecule has 0 radical (unpaired) electrons. The van der Waals surface area contributed by atoms with Crippen LogP contribution in [0.15, 0.2) is 57.8 Å². The molecular formula is C19H18N4O3S2. The van der Waals surface area contributed by atoms with Crippen molar-refractivity contribution in [1.29, 1.82) is 0 Å². The Bertz CT molecular complexity index is 1170. The predicted molar refractivity (Wildman–Crippen MR) is 109 cm³/mol. The molecule has 7 nitrogen and oxygen atoms in total. The maximum Gasteiger partial charge on any atom is 0.285 e. The van der Waals surface area contributed by atoms with Crippen LogP contribution < -0.4 is 0 Å². The molecule has 3 aromatic rings. The molecule has 0 saturated carbocycles. The van der Waals surface area contributed by atoms with E-state index in [4.69, 9.17) is 0 Å². The Morgan fingerprint density at radius 2 is 1.79 bits per heavy atom. The molecule has 144 valence electrons. The van der Waals surface area contributed by atoms with Crippen molar-refractivity contribution in [3.05, 3.63) is 59.1 Å². The summed E-state index contributed by atoms with van der Waals surface area (Å²) in [5.74, 6) is 0.142. The van der Waals surface area contributed by atoms with E-state index in [2.05, 4.69) is 9.38 Å². The SMILES string of the molecule is CN(Cc1nc2ccccc2s1)C(=O)CN(C)C1=NS(=O)(=O)c2ccccc21. The van der Waals surface area contributed by atoms with Crippen LogP contribution in [-0.4, -0.2) is 55.6 Å². The number of thiazole rings is 1. The number of fused-ring (bicyclic) bond motifs is 2. The Hall–Kier alpha value is -2.78. The van der Waals surface area contributed by atoms with Gasteiger partial charge in [0.25, 0.3) is 10.0 Å². The summed E-state index contributed by atoms with van der Waals surface area (Å²) in [5.41, 5.74) is 1.44. The minimum atomic E-state index is -3.71. The van der Waals surface area contributed by atoms with Gasteiger partial charge in [-0.15, -0.1) is 15.7 Å². The average Bonchev–Trinajstić information content (AvgIpc) is 3.19. The van der Waals surface area contributed by atoms with E-state index in [1.807, 2.05) is 24.3 Å². The maximum atomic E-state index is 12.7. The van der Waals surface area contributed by atoms with E-state index in [0.717, 1.165) is 15.2 Å². The number of hydrogen-bond donors (Lipinski definition) is 0. The number of carbonyl (C=O) groups excluding carboxylic acids is 1. The van der Waals surface area contributed by atoms with Crippen LogP contribution in [0.3, 0.4) is 0 Å². The van der Waals surface area contributed by atoms with Gasteiger partial charge in [0, 0.05) is 19.7 Å². The van der Waals surface area contributed by atoms with Crippen LogP contribution in [0.1, 0.15) is 10.6 Å². The number of nitrogens with zero attached hydrogens (tertiary/aromatic N) is 4. The summed E-state index contributed by atoms with van der Waals surface area (Å²) >= 11 is 1.56. The van der Waals surface area contributed by atoms with Crippen molar-refractivity contribution in [3.8, 4) is 0 Å². The Labute approximate surface area is 167 Å². The fourth-order valence-electron chi connectivity index (χ4n) is 3.04. The molecule has 0 unspecified atom stereocenters. The molecule has 1 amide bonds. The predicted octanol–water partition coefficient (Wildman–Crippen LogP) is 2.34. The lowest BCUT2D eigenvalue weighted by atomic mass is 10.2. The van der Waals surface area contributed by atoms with E-state index in [1.54, 1.807) is 53.4 Å². The molecule has 0 spiro atoms. The highest BCUT2D eigenvalue weighted by molar-refractivity contribution is 7.90. The second-order valence-electron chi connectivity index (χ2n) is 6.57.